The third-order valence-corrected chi connectivity index (χ3v) is 2.76. The van der Waals surface area contributed by atoms with E-state index in [-0.39, 0.29) is 11.3 Å². The van der Waals surface area contributed by atoms with Crippen molar-refractivity contribution in [2.24, 2.45) is 5.41 Å². The van der Waals surface area contributed by atoms with Crippen LogP contribution in [-0.4, -0.2) is 37.0 Å². The van der Waals surface area contributed by atoms with Crippen molar-refractivity contribution in [3.63, 3.8) is 0 Å². The molecule has 1 saturated heterocycles. The van der Waals surface area contributed by atoms with Crippen LogP contribution >= 0.6 is 0 Å². The smallest absolute Gasteiger partial charge is 0.236 e. The summed E-state index contributed by atoms with van der Waals surface area (Å²) in [7, 11) is 0. The summed E-state index contributed by atoms with van der Waals surface area (Å²) in [5, 5.41) is 2.93. The maximum absolute atomic E-state index is 11.8. The largest absolute Gasteiger partial charge is 0.341 e. The van der Waals surface area contributed by atoms with Gasteiger partial charge in [0.25, 0.3) is 0 Å². The first-order chi connectivity index (χ1) is 7.05. The number of terminal acetylenes is 1. The zero-order chi connectivity index (χ0) is 11.3. The lowest BCUT2D eigenvalue weighted by Gasteiger charge is -2.38. The van der Waals surface area contributed by atoms with Gasteiger partial charge in [0.2, 0.25) is 5.91 Å². The Kier molecular flexibility index (Phi) is 4.16. The highest BCUT2D eigenvalue weighted by Gasteiger charge is 2.28. The van der Waals surface area contributed by atoms with Gasteiger partial charge in [0.1, 0.15) is 0 Å². The van der Waals surface area contributed by atoms with Crippen LogP contribution in [-0.2, 0) is 4.79 Å². The third kappa shape index (κ3) is 3.93. The normalized spacial score (nSPS) is 19.7. The second-order valence-electron chi connectivity index (χ2n) is 4.89. The van der Waals surface area contributed by atoms with Gasteiger partial charge in [-0.1, -0.05) is 19.8 Å². The first-order valence-corrected chi connectivity index (χ1v) is 5.47. The molecule has 0 bridgehead atoms. The van der Waals surface area contributed by atoms with Gasteiger partial charge in [-0.05, 0) is 18.3 Å². The molecule has 3 heteroatoms. The molecule has 0 aliphatic carbocycles. The summed E-state index contributed by atoms with van der Waals surface area (Å²) in [5.74, 6) is 2.63. The molecule has 0 spiro atoms. The zero-order valence-corrected chi connectivity index (χ0v) is 9.68. The SMILES string of the molecule is C#CCNCC(=O)N1CCCC(C)(C)C1. The van der Waals surface area contributed by atoms with E-state index >= 15 is 0 Å². The molecule has 0 saturated carbocycles. The van der Waals surface area contributed by atoms with E-state index in [2.05, 4.69) is 25.1 Å². The van der Waals surface area contributed by atoms with Crippen LogP contribution in [0.4, 0.5) is 0 Å². The number of nitrogens with zero attached hydrogens (tertiary/aromatic N) is 1. The Morgan fingerprint density at radius 1 is 1.60 bits per heavy atom. The average molecular weight is 208 g/mol. The Bertz CT molecular complexity index is 265. The molecule has 0 aromatic rings. The van der Waals surface area contributed by atoms with Crippen LogP contribution in [0.15, 0.2) is 0 Å². The monoisotopic (exact) mass is 208 g/mol. The van der Waals surface area contributed by atoms with Crippen molar-refractivity contribution in [3.05, 3.63) is 0 Å². The zero-order valence-electron chi connectivity index (χ0n) is 9.68. The molecule has 1 rings (SSSR count). The van der Waals surface area contributed by atoms with Gasteiger partial charge in [-0.15, -0.1) is 6.42 Å². The number of hydrogen-bond donors (Lipinski definition) is 1. The van der Waals surface area contributed by atoms with Gasteiger partial charge in [0.05, 0.1) is 13.1 Å². The van der Waals surface area contributed by atoms with Crippen molar-refractivity contribution >= 4 is 5.91 Å². The van der Waals surface area contributed by atoms with Crippen molar-refractivity contribution in [1.82, 2.24) is 10.2 Å². The summed E-state index contributed by atoms with van der Waals surface area (Å²) in [4.78, 5) is 13.7. The highest BCUT2D eigenvalue weighted by molar-refractivity contribution is 5.78. The van der Waals surface area contributed by atoms with E-state index in [1.54, 1.807) is 0 Å². The standard InChI is InChI=1S/C12H20N2O/c1-4-7-13-9-11(15)14-8-5-6-12(2,3)10-14/h1,13H,5-10H2,2-3H3. The second-order valence-corrected chi connectivity index (χ2v) is 4.89. The fraction of sp³-hybridized carbons (Fsp3) is 0.750. The molecule has 0 aromatic carbocycles. The van der Waals surface area contributed by atoms with Crippen LogP contribution < -0.4 is 5.32 Å². The van der Waals surface area contributed by atoms with Gasteiger partial charge in [-0.25, -0.2) is 0 Å². The Morgan fingerprint density at radius 2 is 2.33 bits per heavy atom. The molecule has 1 N–H and O–H groups in total. The van der Waals surface area contributed by atoms with Crippen LogP contribution in [0.3, 0.4) is 0 Å². The minimum Gasteiger partial charge on any atom is -0.341 e. The first kappa shape index (κ1) is 12.1. The van der Waals surface area contributed by atoms with Crippen molar-refractivity contribution < 1.29 is 4.79 Å². The Labute approximate surface area is 92.2 Å². The Morgan fingerprint density at radius 3 is 2.93 bits per heavy atom. The molecule has 1 heterocycles. The molecule has 0 atom stereocenters. The minimum absolute atomic E-state index is 0.165. The third-order valence-electron chi connectivity index (χ3n) is 2.76. The molecule has 15 heavy (non-hydrogen) atoms. The summed E-state index contributed by atoms with van der Waals surface area (Å²) in [5.41, 5.74) is 0.264. The number of rotatable bonds is 3. The van der Waals surface area contributed by atoms with E-state index in [1.807, 2.05) is 4.90 Å². The summed E-state index contributed by atoms with van der Waals surface area (Å²) in [6, 6.07) is 0. The van der Waals surface area contributed by atoms with Gasteiger partial charge in [0, 0.05) is 13.1 Å². The lowest BCUT2D eigenvalue weighted by molar-refractivity contribution is -0.133. The number of piperidine rings is 1. The molecular formula is C12H20N2O. The van der Waals surface area contributed by atoms with Gasteiger partial charge < -0.3 is 4.90 Å². The molecule has 3 nitrogen and oxygen atoms in total. The van der Waals surface area contributed by atoms with Crippen molar-refractivity contribution in [3.8, 4) is 12.3 Å². The van der Waals surface area contributed by atoms with Gasteiger partial charge >= 0.3 is 0 Å². The number of likely N-dealkylation sites (tertiary alicyclic amines) is 1. The predicted molar refractivity (Wildman–Crippen MR) is 61.3 cm³/mol. The van der Waals surface area contributed by atoms with Gasteiger partial charge in [-0.3, -0.25) is 10.1 Å². The summed E-state index contributed by atoms with van der Waals surface area (Å²) < 4.78 is 0. The van der Waals surface area contributed by atoms with Crippen LogP contribution in [0.2, 0.25) is 0 Å². The van der Waals surface area contributed by atoms with E-state index in [4.69, 9.17) is 6.42 Å². The topological polar surface area (TPSA) is 32.3 Å². The molecule has 0 aromatic heterocycles. The van der Waals surface area contributed by atoms with Crippen molar-refractivity contribution in [2.75, 3.05) is 26.2 Å². The number of amides is 1. The summed E-state index contributed by atoms with van der Waals surface area (Å²) >= 11 is 0. The highest BCUT2D eigenvalue weighted by Crippen LogP contribution is 2.28. The van der Waals surface area contributed by atoms with Crippen LogP contribution in [0.1, 0.15) is 26.7 Å². The molecule has 1 aliphatic heterocycles. The Balaban J connectivity index is 2.36. The first-order valence-electron chi connectivity index (χ1n) is 5.47. The predicted octanol–water partition coefficient (Wildman–Crippen LogP) is 0.858. The molecule has 84 valence electrons. The van der Waals surface area contributed by atoms with Crippen LogP contribution in [0.25, 0.3) is 0 Å². The van der Waals surface area contributed by atoms with Crippen molar-refractivity contribution in [1.29, 1.82) is 0 Å². The number of carbonyl (C=O) groups excluding carboxylic acids is 1. The molecule has 0 radical (unpaired) electrons. The Hall–Kier alpha value is -1.01. The van der Waals surface area contributed by atoms with E-state index in [9.17, 15) is 4.79 Å². The summed E-state index contributed by atoms with van der Waals surface area (Å²) in [6.07, 6.45) is 7.41. The van der Waals surface area contributed by atoms with Crippen LogP contribution in [0, 0.1) is 17.8 Å². The van der Waals surface area contributed by atoms with Crippen molar-refractivity contribution in [2.45, 2.75) is 26.7 Å². The average Bonchev–Trinajstić information content (AvgIpc) is 2.16. The van der Waals surface area contributed by atoms with Crippen LogP contribution in [0.5, 0.6) is 0 Å². The minimum atomic E-state index is 0.165. The van der Waals surface area contributed by atoms with Gasteiger partial charge in [0.15, 0.2) is 0 Å². The lowest BCUT2D eigenvalue weighted by Crippen LogP contribution is -2.46. The van der Waals surface area contributed by atoms with E-state index in [0.717, 1.165) is 19.5 Å². The second kappa shape index (κ2) is 5.18. The van der Waals surface area contributed by atoms with Gasteiger partial charge in [-0.2, -0.15) is 0 Å². The van der Waals surface area contributed by atoms with E-state index in [0.29, 0.717) is 13.1 Å². The highest BCUT2D eigenvalue weighted by atomic mass is 16.2. The molecule has 1 fully saturated rings. The maximum Gasteiger partial charge on any atom is 0.236 e. The lowest BCUT2D eigenvalue weighted by atomic mass is 9.84. The molecule has 1 amide bonds. The van der Waals surface area contributed by atoms with E-state index in [1.165, 1.54) is 6.42 Å². The fourth-order valence-electron chi connectivity index (χ4n) is 1.99. The number of carbonyl (C=O) groups is 1. The number of hydrogen-bond acceptors (Lipinski definition) is 2. The molecule has 1 aliphatic rings. The maximum atomic E-state index is 11.8. The molecule has 0 unspecified atom stereocenters. The fourth-order valence-corrected chi connectivity index (χ4v) is 1.99. The summed E-state index contributed by atoms with van der Waals surface area (Å²) in [6.45, 7) is 7.00. The van der Waals surface area contributed by atoms with E-state index < -0.39 is 0 Å². The number of nitrogens with one attached hydrogen (secondary N) is 1. The molecular weight excluding hydrogens is 188 g/mol. The quantitative estimate of drug-likeness (QED) is 0.551.